The molecule has 14 nitrogen and oxygen atoms in total. The second kappa shape index (κ2) is 13.4. The van der Waals surface area contributed by atoms with Crippen molar-refractivity contribution in [1.29, 1.82) is 0 Å². The predicted octanol–water partition coefficient (Wildman–Crippen LogP) is -0.192. The van der Waals surface area contributed by atoms with Crippen LogP contribution >= 0.6 is 0 Å². The third kappa shape index (κ3) is 6.84. The summed E-state index contributed by atoms with van der Waals surface area (Å²) in [5.41, 5.74) is -0.761. The van der Waals surface area contributed by atoms with Crippen LogP contribution in [0.4, 0.5) is 0 Å². The number of aliphatic hydroxyl groups is 4. The molecule has 14 heteroatoms. The summed E-state index contributed by atoms with van der Waals surface area (Å²) in [6.07, 6.45) is -6.67. The molecule has 2 heterocycles. The largest absolute Gasteiger partial charge is 0.497 e. The van der Waals surface area contributed by atoms with Gasteiger partial charge in [-0.25, -0.2) is 9.59 Å². The van der Waals surface area contributed by atoms with Crippen LogP contribution in [0.1, 0.15) is 25.8 Å². The van der Waals surface area contributed by atoms with E-state index in [9.17, 15) is 34.8 Å². The first-order valence-electron chi connectivity index (χ1n) is 13.5. The third-order valence-electron chi connectivity index (χ3n) is 7.79. The topological polar surface area (TPSA) is 197 Å². The first-order valence-corrected chi connectivity index (χ1v) is 13.5. The van der Waals surface area contributed by atoms with E-state index in [4.69, 9.17) is 33.2 Å². The van der Waals surface area contributed by atoms with E-state index in [1.807, 2.05) is 0 Å². The zero-order valence-corrected chi connectivity index (χ0v) is 24.0. The Morgan fingerprint density at radius 2 is 1.74 bits per heavy atom. The van der Waals surface area contributed by atoms with Gasteiger partial charge in [0, 0.05) is 25.3 Å². The van der Waals surface area contributed by atoms with Crippen molar-refractivity contribution >= 4 is 24.0 Å². The highest BCUT2D eigenvalue weighted by Gasteiger charge is 2.63. The number of carbonyl (C=O) groups excluding carboxylic acids is 3. The first-order chi connectivity index (χ1) is 20.4. The van der Waals surface area contributed by atoms with Crippen LogP contribution in [-0.2, 0) is 42.8 Å². The molecule has 236 valence electrons. The van der Waals surface area contributed by atoms with Crippen molar-refractivity contribution < 1.29 is 68.0 Å². The van der Waals surface area contributed by atoms with Crippen LogP contribution in [0.2, 0.25) is 0 Å². The maximum absolute atomic E-state index is 13.0. The van der Waals surface area contributed by atoms with E-state index in [0.717, 1.165) is 13.4 Å². The SMILES string of the molecule is COC(=O)C1=COC(OC2OC(CO)C(O)C(O)C2O)C2C1C(OC(=O)C=Cc1ccc(OC)cc1)CC2(C)OC(C)=O. The molecule has 0 bridgehead atoms. The molecule has 2 fully saturated rings. The fraction of sp³-hybridized carbons (Fsp3) is 0.552. The maximum atomic E-state index is 13.0. The van der Waals surface area contributed by atoms with E-state index in [2.05, 4.69) is 0 Å². The molecule has 10 atom stereocenters. The molecule has 1 saturated carbocycles. The van der Waals surface area contributed by atoms with Gasteiger partial charge < -0.3 is 53.6 Å². The van der Waals surface area contributed by atoms with Gasteiger partial charge in [-0.15, -0.1) is 0 Å². The van der Waals surface area contributed by atoms with Crippen molar-refractivity contribution in [2.75, 3.05) is 20.8 Å². The van der Waals surface area contributed by atoms with Crippen LogP contribution in [0, 0.1) is 11.8 Å². The zero-order valence-electron chi connectivity index (χ0n) is 24.0. The van der Waals surface area contributed by atoms with Crippen molar-refractivity contribution in [3.05, 3.63) is 47.7 Å². The van der Waals surface area contributed by atoms with Gasteiger partial charge in [0.2, 0.25) is 6.29 Å². The van der Waals surface area contributed by atoms with Gasteiger partial charge in [-0.3, -0.25) is 4.79 Å². The van der Waals surface area contributed by atoms with E-state index >= 15 is 0 Å². The van der Waals surface area contributed by atoms with Gasteiger partial charge in [0.15, 0.2) is 6.29 Å². The second-order valence-electron chi connectivity index (χ2n) is 10.6. The van der Waals surface area contributed by atoms with E-state index in [1.165, 1.54) is 26.2 Å². The minimum absolute atomic E-state index is 0.0195. The van der Waals surface area contributed by atoms with Gasteiger partial charge in [0.05, 0.1) is 38.6 Å². The molecule has 10 unspecified atom stereocenters. The molecule has 0 radical (unpaired) electrons. The summed E-state index contributed by atoms with van der Waals surface area (Å²) < 4.78 is 38.6. The summed E-state index contributed by atoms with van der Waals surface area (Å²) in [6, 6.07) is 6.93. The van der Waals surface area contributed by atoms with E-state index in [0.29, 0.717) is 11.3 Å². The molecular weight excluding hydrogens is 572 g/mol. The molecule has 43 heavy (non-hydrogen) atoms. The number of benzene rings is 1. The number of hydrogen-bond donors (Lipinski definition) is 4. The Morgan fingerprint density at radius 1 is 1.05 bits per heavy atom. The van der Waals surface area contributed by atoms with Crippen LogP contribution in [0.25, 0.3) is 6.08 Å². The Labute approximate surface area is 247 Å². The molecular formula is C29H36O14. The van der Waals surface area contributed by atoms with Gasteiger partial charge in [0.25, 0.3) is 0 Å². The maximum Gasteiger partial charge on any atom is 0.337 e. The Balaban J connectivity index is 1.64. The lowest BCUT2D eigenvalue weighted by atomic mass is 9.80. The zero-order chi connectivity index (χ0) is 31.5. The summed E-state index contributed by atoms with van der Waals surface area (Å²) in [4.78, 5) is 38.0. The molecule has 3 aliphatic rings. The third-order valence-corrected chi connectivity index (χ3v) is 7.79. The molecule has 1 aromatic carbocycles. The Hall–Kier alpha value is -3.53. The van der Waals surface area contributed by atoms with Crippen LogP contribution in [-0.4, -0.2) is 108 Å². The number of aliphatic hydroxyl groups excluding tert-OH is 4. The average Bonchev–Trinajstić information content (AvgIpc) is 3.27. The highest BCUT2D eigenvalue weighted by Crippen LogP contribution is 2.52. The number of ether oxygens (including phenoxy) is 7. The first kappa shape index (κ1) is 32.4. The fourth-order valence-electron chi connectivity index (χ4n) is 5.78. The molecule has 0 spiro atoms. The number of fused-ring (bicyclic) bond motifs is 1. The number of carbonyl (C=O) groups is 3. The minimum atomic E-state index is -1.76. The average molecular weight is 609 g/mol. The van der Waals surface area contributed by atoms with Crippen molar-refractivity contribution in [3.63, 3.8) is 0 Å². The van der Waals surface area contributed by atoms with Crippen molar-refractivity contribution in [1.82, 2.24) is 0 Å². The molecule has 0 amide bonds. The summed E-state index contributed by atoms with van der Waals surface area (Å²) >= 11 is 0. The van der Waals surface area contributed by atoms with Crippen molar-refractivity contribution in [2.24, 2.45) is 11.8 Å². The standard InChI is InChI=1S/C29H36O14/c1-14(31)43-29(2)11-18(40-20(32)10-7-15-5-8-16(37-3)9-6-15)21-17(26(36)38-4)13-39-27(22(21)29)42-28-25(35)24(34)23(33)19(12-30)41-28/h5-10,13,18-19,21-25,27-28,30,33-35H,11-12H2,1-4H3. The number of esters is 3. The molecule has 1 saturated heterocycles. The van der Waals surface area contributed by atoms with Gasteiger partial charge >= 0.3 is 17.9 Å². The van der Waals surface area contributed by atoms with Crippen molar-refractivity contribution in [2.45, 2.75) is 69.0 Å². The summed E-state index contributed by atoms with van der Waals surface area (Å²) in [5.74, 6) is -3.56. The van der Waals surface area contributed by atoms with Gasteiger partial charge in [-0.2, -0.15) is 0 Å². The number of methoxy groups -OCH3 is 2. The van der Waals surface area contributed by atoms with Gasteiger partial charge in [-0.1, -0.05) is 12.1 Å². The Bertz CT molecular complexity index is 1230. The molecule has 4 N–H and O–H groups in total. The highest BCUT2D eigenvalue weighted by molar-refractivity contribution is 5.90. The van der Waals surface area contributed by atoms with E-state index in [1.54, 1.807) is 31.2 Å². The van der Waals surface area contributed by atoms with Crippen LogP contribution < -0.4 is 4.74 Å². The van der Waals surface area contributed by atoms with Crippen LogP contribution in [0.5, 0.6) is 5.75 Å². The molecule has 1 aromatic rings. The lowest BCUT2D eigenvalue weighted by molar-refractivity contribution is -0.346. The monoisotopic (exact) mass is 608 g/mol. The minimum Gasteiger partial charge on any atom is -0.497 e. The molecule has 2 aliphatic heterocycles. The fourth-order valence-corrected chi connectivity index (χ4v) is 5.78. The van der Waals surface area contributed by atoms with Gasteiger partial charge in [-0.05, 0) is 30.7 Å². The lowest BCUT2D eigenvalue weighted by Crippen LogP contribution is -2.61. The lowest BCUT2D eigenvalue weighted by Gasteiger charge is -2.44. The summed E-state index contributed by atoms with van der Waals surface area (Å²) in [6.45, 7) is 2.05. The molecule has 1 aliphatic carbocycles. The molecule has 0 aromatic heterocycles. The van der Waals surface area contributed by atoms with Crippen LogP contribution in [0.15, 0.2) is 42.2 Å². The summed E-state index contributed by atoms with van der Waals surface area (Å²) in [5, 5.41) is 40.5. The quantitative estimate of drug-likeness (QED) is 0.163. The number of hydrogen-bond acceptors (Lipinski definition) is 14. The van der Waals surface area contributed by atoms with Crippen molar-refractivity contribution in [3.8, 4) is 5.75 Å². The normalized spacial score (nSPS) is 35.3. The Morgan fingerprint density at radius 3 is 2.35 bits per heavy atom. The summed E-state index contributed by atoms with van der Waals surface area (Å²) in [7, 11) is 2.70. The van der Waals surface area contributed by atoms with Gasteiger partial charge in [0.1, 0.15) is 41.9 Å². The number of rotatable bonds is 9. The second-order valence-corrected chi connectivity index (χ2v) is 10.6. The van der Waals surface area contributed by atoms with E-state index in [-0.39, 0.29) is 12.0 Å². The highest BCUT2D eigenvalue weighted by atomic mass is 16.8. The predicted molar refractivity (Wildman–Crippen MR) is 144 cm³/mol. The van der Waals surface area contributed by atoms with Crippen LogP contribution in [0.3, 0.4) is 0 Å². The van der Waals surface area contributed by atoms with E-state index < -0.39 is 85.1 Å². The Kier molecular flexibility index (Phi) is 10.1. The smallest absolute Gasteiger partial charge is 0.337 e. The molecule has 4 rings (SSSR count).